The highest BCUT2D eigenvalue weighted by Crippen LogP contribution is 2.35. The van der Waals surface area contributed by atoms with E-state index in [-0.39, 0.29) is 6.79 Å². The number of hydrogen-bond acceptors (Lipinski definition) is 4. The molecule has 0 fully saturated rings. The van der Waals surface area contributed by atoms with E-state index < -0.39 is 0 Å². The molecule has 2 rings (SSSR count). The van der Waals surface area contributed by atoms with Gasteiger partial charge in [0.1, 0.15) is 0 Å². The Hall–Kier alpha value is -1.14. The zero-order valence-corrected chi connectivity index (χ0v) is 9.10. The number of hydrogen-bond donors (Lipinski definition) is 0. The molecule has 14 heavy (non-hydrogen) atoms. The van der Waals surface area contributed by atoms with Crippen LogP contribution in [0.3, 0.4) is 0 Å². The number of ether oxygens (including phenoxy) is 2. The molecule has 74 valence electrons. The molecule has 0 amide bonds. The Morgan fingerprint density at radius 3 is 3.00 bits per heavy atom. The molecule has 0 aromatic heterocycles. The SMILES string of the molecule is CN(N=S=S)c1ccc2c(c1)OCO2. The van der Waals surface area contributed by atoms with E-state index in [0.717, 1.165) is 27.3 Å². The number of rotatable bonds is 2. The van der Waals surface area contributed by atoms with Crippen LogP contribution in [0, 0.1) is 0 Å². The van der Waals surface area contributed by atoms with E-state index in [0.29, 0.717) is 0 Å². The van der Waals surface area contributed by atoms with Gasteiger partial charge >= 0.3 is 0 Å². The van der Waals surface area contributed by atoms with Crippen LogP contribution in [0.5, 0.6) is 11.5 Å². The molecule has 1 aromatic rings. The van der Waals surface area contributed by atoms with Crippen molar-refractivity contribution < 1.29 is 9.47 Å². The summed E-state index contributed by atoms with van der Waals surface area (Å²) in [5.41, 5.74) is 0.923. The van der Waals surface area contributed by atoms with Crippen LogP contribution in [0.1, 0.15) is 0 Å². The Balaban J connectivity index is 2.32. The van der Waals surface area contributed by atoms with Crippen LogP contribution in [0.25, 0.3) is 0 Å². The van der Waals surface area contributed by atoms with Gasteiger partial charge in [-0.05, 0) is 12.1 Å². The Morgan fingerprint density at radius 2 is 2.21 bits per heavy atom. The van der Waals surface area contributed by atoms with Gasteiger partial charge in [0.15, 0.2) is 11.5 Å². The van der Waals surface area contributed by atoms with Crippen LogP contribution in [-0.2, 0) is 21.3 Å². The van der Waals surface area contributed by atoms with Crippen molar-refractivity contribution in [1.29, 1.82) is 0 Å². The second-order valence-corrected chi connectivity index (χ2v) is 3.48. The minimum absolute atomic E-state index is 0.287. The van der Waals surface area contributed by atoms with Crippen LogP contribution in [0.15, 0.2) is 22.7 Å². The molecular weight excluding hydrogens is 220 g/mol. The summed E-state index contributed by atoms with van der Waals surface area (Å²) in [6, 6.07) is 5.64. The fourth-order valence-electron chi connectivity index (χ4n) is 1.18. The van der Waals surface area contributed by atoms with Crippen molar-refractivity contribution in [3.8, 4) is 11.5 Å². The van der Waals surface area contributed by atoms with Crippen molar-refractivity contribution in [2.45, 2.75) is 0 Å². The van der Waals surface area contributed by atoms with Crippen molar-refractivity contribution >= 4 is 27.0 Å². The lowest BCUT2D eigenvalue weighted by Gasteiger charge is -2.10. The van der Waals surface area contributed by atoms with Crippen LogP contribution in [0.4, 0.5) is 5.69 Å². The highest BCUT2D eigenvalue weighted by Gasteiger charge is 2.14. The summed E-state index contributed by atoms with van der Waals surface area (Å²) in [5, 5.41) is 1.69. The fourth-order valence-corrected chi connectivity index (χ4v) is 1.68. The van der Waals surface area contributed by atoms with Gasteiger partial charge in [-0.25, -0.2) is 0 Å². The summed E-state index contributed by atoms with van der Waals surface area (Å²) in [6.07, 6.45) is 0. The average molecular weight is 228 g/mol. The summed E-state index contributed by atoms with van der Waals surface area (Å²) in [5.74, 6) is 1.52. The lowest BCUT2D eigenvalue weighted by molar-refractivity contribution is 0.174. The molecule has 0 aliphatic carbocycles. The third-order valence-corrected chi connectivity index (χ3v) is 2.40. The van der Waals surface area contributed by atoms with Gasteiger partial charge in [-0.2, -0.15) is 0 Å². The van der Waals surface area contributed by atoms with E-state index in [9.17, 15) is 0 Å². The standard InChI is InChI=1S/C8H8N2O2S2/c1-10(9-14-13)6-2-3-7-8(4-6)12-5-11-7/h2-4H,5H2,1H3. The van der Waals surface area contributed by atoms with E-state index in [4.69, 9.17) is 9.47 Å². The first-order valence-corrected chi connectivity index (χ1v) is 5.64. The zero-order chi connectivity index (χ0) is 9.97. The van der Waals surface area contributed by atoms with Crippen molar-refractivity contribution in [3.05, 3.63) is 18.2 Å². The van der Waals surface area contributed by atoms with Gasteiger partial charge in [-0.15, -0.1) is 4.47 Å². The topological polar surface area (TPSA) is 34.1 Å². The zero-order valence-electron chi connectivity index (χ0n) is 7.47. The lowest BCUT2D eigenvalue weighted by Crippen LogP contribution is -2.06. The number of anilines is 1. The number of benzene rings is 1. The normalized spacial score (nSPS) is 12.4. The summed E-state index contributed by atoms with van der Waals surface area (Å²) in [4.78, 5) is 0. The molecule has 0 atom stereocenters. The Morgan fingerprint density at radius 1 is 1.43 bits per heavy atom. The summed E-state index contributed by atoms with van der Waals surface area (Å²) in [6.45, 7) is 0.287. The number of nitrogens with zero attached hydrogens (tertiary/aromatic N) is 2. The van der Waals surface area contributed by atoms with Crippen LogP contribution in [0.2, 0.25) is 0 Å². The summed E-state index contributed by atoms with van der Waals surface area (Å²) in [7, 11) is 2.83. The van der Waals surface area contributed by atoms with Crippen LogP contribution < -0.4 is 14.5 Å². The van der Waals surface area contributed by atoms with Gasteiger partial charge in [0, 0.05) is 24.3 Å². The van der Waals surface area contributed by atoms with Crippen molar-refractivity contribution in [1.82, 2.24) is 0 Å². The minimum atomic E-state index is 0.287. The van der Waals surface area contributed by atoms with Gasteiger partial charge in [0.25, 0.3) is 0 Å². The van der Waals surface area contributed by atoms with E-state index in [1.807, 2.05) is 25.2 Å². The van der Waals surface area contributed by atoms with Crippen molar-refractivity contribution in [2.75, 3.05) is 18.8 Å². The van der Waals surface area contributed by atoms with Gasteiger partial charge < -0.3 is 9.47 Å². The maximum absolute atomic E-state index is 5.24. The maximum atomic E-state index is 5.24. The van der Waals surface area contributed by atoms with E-state index in [1.54, 1.807) is 5.01 Å². The second-order valence-electron chi connectivity index (χ2n) is 2.72. The predicted molar refractivity (Wildman–Crippen MR) is 58.1 cm³/mol. The summed E-state index contributed by atoms with van der Waals surface area (Å²) >= 11 is 4.68. The highest BCUT2D eigenvalue weighted by molar-refractivity contribution is 8.12. The predicted octanol–water partition coefficient (Wildman–Crippen LogP) is 1.49. The molecule has 0 unspecified atom stereocenters. The van der Waals surface area contributed by atoms with Gasteiger partial charge in [-0.3, -0.25) is 5.01 Å². The molecular formula is C8H8N2O2S2. The second kappa shape index (κ2) is 3.93. The molecule has 0 saturated heterocycles. The van der Waals surface area contributed by atoms with Gasteiger partial charge in [0.2, 0.25) is 6.79 Å². The molecule has 1 heterocycles. The largest absolute Gasteiger partial charge is 0.454 e. The molecule has 6 heteroatoms. The van der Waals surface area contributed by atoms with Gasteiger partial charge in [-0.1, -0.05) is 0 Å². The van der Waals surface area contributed by atoms with Crippen molar-refractivity contribution in [3.63, 3.8) is 0 Å². The monoisotopic (exact) mass is 228 g/mol. The average Bonchev–Trinajstić information content (AvgIpc) is 2.64. The third-order valence-electron chi connectivity index (χ3n) is 1.89. The smallest absolute Gasteiger partial charge is 0.231 e. The first-order valence-electron chi connectivity index (χ1n) is 3.94. The van der Waals surface area contributed by atoms with E-state index in [1.165, 1.54) is 0 Å². The van der Waals surface area contributed by atoms with Crippen molar-refractivity contribution in [2.24, 2.45) is 4.47 Å². The molecule has 0 bridgehead atoms. The van der Waals surface area contributed by atoms with Gasteiger partial charge in [0.05, 0.1) is 15.8 Å². The van der Waals surface area contributed by atoms with E-state index >= 15 is 0 Å². The molecule has 1 aliphatic rings. The highest BCUT2D eigenvalue weighted by atomic mass is 32.8. The Kier molecular flexibility index (Phi) is 2.64. The molecule has 0 saturated carbocycles. The molecule has 0 spiro atoms. The molecule has 1 aromatic carbocycles. The number of fused-ring (bicyclic) bond motifs is 1. The summed E-state index contributed by atoms with van der Waals surface area (Å²) < 4.78 is 14.4. The minimum Gasteiger partial charge on any atom is -0.454 e. The molecule has 0 radical (unpaired) electrons. The van der Waals surface area contributed by atoms with Crippen LogP contribution >= 0.6 is 0 Å². The third kappa shape index (κ3) is 1.71. The first-order chi connectivity index (χ1) is 6.81. The van der Waals surface area contributed by atoms with Crippen LogP contribution in [-0.4, -0.2) is 13.8 Å². The maximum Gasteiger partial charge on any atom is 0.231 e. The lowest BCUT2D eigenvalue weighted by atomic mass is 10.3. The molecule has 1 aliphatic heterocycles. The first kappa shape index (κ1) is 9.42. The Labute approximate surface area is 89.8 Å². The Bertz CT molecular complexity index is 404. The molecule has 0 N–H and O–H groups in total. The fraction of sp³-hybridized carbons (Fsp3) is 0.250. The quantitative estimate of drug-likeness (QED) is 0.718. The molecule has 4 nitrogen and oxygen atoms in total. The van der Waals surface area contributed by atoms with E-state index in [2.05, 4.69) is 15.7 Å².